The summed E-state index contributed by atoms with van der Waals surface area (Å²) in [6.07, 6.45) is 0. The van der Waals surface area contributed by atoms with Gasteiger partial charge < -0.3 is 0 Å². The van der Waals surface area contributed by atoms with E-state index in [-0.39, 0.29) is 0 Å². The Balaban J connectivity index is 1.17. The van der Waals surface area contributed by atoms with E-state index in [0.717, 1.165) is 27.7 Å². The Kier molecular flexibility index (Phi) is 7.79. The minimum Gasteiger partial charge on any atom is -0.247 e. The van der Waals surface area contributed by atoms with Crippen molar-refractivity contribution in [3.8, 4) is 55.8 Å². The second-order valence-electron chi connectivity index (χ2n) is 15.0. The molecule has 0 radical (unpaired) electrons. The van der Waals surface area contributed by atoms with Gasteiger partial charge in [0, 0.05) is 21.7 Å². The normalized spacial score (nSPS) is 12.7. The predicted octanol–water partition coefficient (Wildman–Crippen LogP) is 14.4. The van der Waals surface area contributed by atoms with E-state index in [1.54, 1.807) is 0 Å². The first kappa shape index (κ1) is 33.0. The number of rotatable bonds is 6. The lowest BCUT2D eigenvalue weighted by molar-refractivity contribution is 0.769. The highest BCUT2D eigenvalue weighted by Gasteiger charge is 2.46. The van der Waals surface area contributed by atoms with Crippen LogP contribution in [0.15, 0.2) is 224 Å². The maximum Gasteiger partial charge on any atom is 0.0788 e. The zero-order valence-corrected chi connectivity index (χ0v) is 31.3. The van der Waals surface area contributed by atoms with Crippen molar-refractivity contribution < 1.29 is 0 Å². The minimum absolute atomic E-state index is 0.479. The van der Waals surface area contributed by atoms with Crippen molar-refractivity contribution in [3.63, 3.8) is 0 Å². The first-order valence-electron chi connectivity index (χ1n) is 19.7. The fourth-order valence-electron chi connectivity index (χ4n) is 9.43. The van der Waals surface area contributed by atoms with Crippen LogP contribution in [0.5, 0.6) is 0 Å². The highest BCUT2D eigenvalue weighted by atomic mass is 14.7. The molecule has 1 heteroatoms. The van der Waals surface area contributed by atoms with E-state index >= 15 is 0 Å². The largest absolute Gasteiger partial charge is 0.247 e. The van der Waals surface area contributed by atoms with Gasteiger partial charge in [-0.15, -0.1) is 0 Å². The summed E-state index contributed by atoms with van der Waals surface area (Å²) < 4.78 is 0. The number of hydrogen-bond acceptors (Lipinski definition) is 1. The summed E-state index contributed by atoms with van der Waals surface area (Å²) in [4.78, 5) is 5.47. The summed E-state index contributed by atoms with van der Waals surface area (Å²) in [6, 6.07) is 81.8. The molecular weight excluding hydrogens is 687 g/mol. The maximum absolute atomic E-state index is 5.47. The molecule has 0 spiro atoms. The van der Waals surface area contributed by atoms with Crippen molar-refractivity contribution in [1.29, 1.82) is 0 Å². The van der Waals surface area contributed by atoms with E-state index < -0.39 is 5.41 Å². The summed E-state index contributed by atoms with van der Waals surface area (Å²) in [7, 11) is 0. The molecule has 57 heavy (non-hydrogen) atoms. The van der Waals surface area contributed by atoms with Crippen LogP contribution in [0.1, 0.15) is 22.3 Å². The van der Waals surface area contributed by atoms with Crippen LogP contribution in [0.25, 0.3) is 77.4 Å². The number of pyridine rings is 1. The van der Waals surface area contributed by atoms with Crippen LogP contribution in [0.3, 0.4) is 0 Å². The quantitative estimate of drug-likeness (QED) is 0.156. The standard InChI is InChI=1S/C56H37N/c1-5-18-38(19-6-1)42-35-43(39-20-7-2-8-21-39)37-44(36-42)40-22-17-23-41(34-40)55-49-32-33-51-54(53(49)48-29-14-16-31-52(48)57-55)47-28-13-15-30-50(47)56(51,45-24-9-3-10-25-45)46-26-11-4-12-27-46/h1-37H. The fourth-order valence-corrected chi connectivity index (χ4v) is 9.43. The molecule has 11 rings (SSSR count). The number of fused-ring (bicyclic) bond motifs is 7. The Morgan fingerprint density at radius 2 is 0.807 bits per heavy atom. The minimum atomic E-state index is -0.479. The molecular formula is C56H37N. The Bertz CT molecular complexity index is 3000. The Labute approximate surface area is 333 Å². The van der Waals surface area contributed by atoms with Crippen molar-refractivity contribution in [3.05, 3.63) is 247 Å². The molecule has 9 aromatic carbocycles. The van der Waals surface area contributed by atoms with Crippen LogP contribution in [0.4, 0.5) is 0 Å². The smallest absolute Gasteiger partial charge is 0.0788 e. The molecule has 1 aromatic heterocycles. The Morgan fingerprint density at radius 3 is 1.46 bits per heavy atom. The van der Waals surface area contributed by atoms with E-state index in [0.29, 0.717) is 0 Å². The van der Waals surface area contributed by atoms with Crippen molar-refractivity contribution in [2.45, 2.75) is 5.41 Å². The van der Waals surface area contributed by atoms with E-state index in [1.807, 2.05) is 0 Å². The predicted molar refractivity (Wildman–Crippen MR) is 238 cm³/mol. The molecule has 0 saturated carbocycles. The lowest BCUT2D eigenvalue weighted by Crippen LogP contribution is -2.28. The van der Waals surface area contributed by atoms with Gasteiger partial charge in [0.1, 0.15) is 0 Å². The van der Waals surface area contributed by atoms with E-state index in [4.69, 9.17) is 4.98 Å². The van der Waals surface area contributed by atoms with Gasteiger partial charge >= 0.3 is 0 Å². The van der Waals surface area contributed by atoms with Gasteiger partial charge in [0.25, 0.3) is 0 Å². The summed E-state index contributed by atoms with van der Waals surface area (Å²) in [6.45, 7) is 0. The van der Waals surface area contributed by atoms with Gasteiger partial charge in [0.05, 0.1) is 16.6 Å². The Morgan fingerprint density at radius 1 is 0.316 bits per heavy atom. The summed E-state index contributed by atoms with van der Waals surface area (Å²) in [5.41, 5.74) is 17.4. The number of nitrogens with zero attached hydrogens (tertiary/aromatic N) is 1. The summed E-state index contributed by atoms with van der Waals surface area (Å²) >= 11 is 0. The lowest BCUT2D eigenvalue weighted by Gasteiger charge is -2.34. The van der Waals surface area contributed by atoms with Gasteiger partial charge in [-0.25, -0.2) is 4.98 Å². The van der Waals surface area contributed by atoms with Gasteiger partial charge in [0.15, 0.2) is 0 Å². The van der Waals surface area contributed by atoms with Crippen molar-refractivity contribution in [1.82, 2.24) is 4.98 Å². The van der Waals surface area contributed by atoms with Crippen LogP contribution in [0, 0.1) is 0 Å². The monoisotopic (exact) mass is 723 g/mol. The molecule has 0 saturated heterocycles. The van der Waals surface area contributed by atoms with Crippen molar-refractivity contribution in [2.24, 2.45) is 0 Å². The number of hydrogen-bond donors (Lipinski definition) is 0. The van der Waals surface area contributed by atoms with Gasteiger partial charge in [-0.05, 0) is 97.1 Å². The summed E-state index contributed by atoms with van der Waals surface area (Å²) in [5, 5.41) is 3.57. The third kappa shape index (κ3) is 5.28. The molecule has 0 fully saturated rings. The average molecular weight is 724 g/mol. The van der Waals surface area contributed by atoms with Crippen molar-refractivity contribution in [2.75, 3.05) is 0 Å². The van der Waals surface area contributed by atoms with Crippen molar-refractivity contribution >= 4 is 21.7 Å². The molecule has 0 atom stereocenters. The molecule has 0 unspecified atom stereocenters. The van der Waals surface area contributed by atoms with E-state index in [2.05, 4.69) is 224 Å². The average Bonchev–Trinajstić information content (AvgIpc) is 3.61. The topological polar surface area (TPSA) is 12.9 Å². The SMILES string of the molecule is c1ccc(-c2cc(-c3ccccc3)cc(-c3cccc(-c4nc5ccccc5c5c6c(ccc45)C(c4ccccc4)(c4ccccc4)c4ccccc4-6)c3)c2)cc1. The molecule has 1 aliphatic rings. The first-order valence-corrected chi connectivity index (χ1v) is 19.7. The fraction of sp³-hybridized carbons (Fsp3) is 0.0179. The highest BCUT2D eigenvalue weighted by molar-refractivity contribution is 6.19. The molecule has 10 aromatic rings. The van der Waals surface area contributed by atoms with Crippen LogP contribution in [-0.4, -0.2) is 4.98 Å². The summed E-state index contributed by atoms with van der Waals surface area (Å²) in [5.74, 6) is 0. The van der Waals surface area contributed by atoms with Gasteiger partial charge in [0.2, 0.25) is 0 Å². The molecule has 1 nitrogen and oxygen atoms in total. The molecule has 1 heterocycles. The number of aromatic nitrogens is 1. The van der Waals surface area contributed by atoms with Gasteiger partial charge in [-0.1, -0.05) is 194 Å². The molecule has 0 aliphatic heterocycles. The van der Waals surface area contributed by atoms with Gasteiger partial charge in [-0.3, -0.25) is 0 Å². The number of benzene rings is 9. The zero-order valence-electron chi connectivity index (χ0n) is 31.3. The van der Waals surface area contributed by atoms with E-state index in [1.165, 1.54) is 72.0 Å². The van der Waals surface area contributed by atoms with Gasteiger partial charge in [-0.2, -0.15) is 0 Å². The first-order chi connectivity index (χ1) is 28.3. The zero-order chi connectivity index (χ0) is 37.8. The van der Waals surface area contributed by atoms with Crippen LogP contribution >= 0.6 is 0 Å². The molecule has 0 N–H and O–H groups in total. The lowest BCUT2D eigenvalue weighted by atomic mass is 9.67. The highest BCUT2D eigenvalue weighted by Crippen LogP contribution is 2.58. The Hall–Kier alpha value is -7.35. The van der Waals surface area contributed by atoms with E-state index in [9.17, 15) is 0 Å². The third-order valence-electron chi connectivity index (χ3n) is 11.9. The van der Waals surface area contributed by atoms with Crippen LogP contribution in [-0.2, 0) is 5.41 Å². The molecule has 0 bridgehead atoms. The maximum atomic E-state index is 5.47. The molecule has 0 amide bonds. The van der Waals surface area contributed by atoms with Crippen LogP contribution in [0.2, 0.25) is 0 Å². The van der Waals surface area contributed by atoms with Crippen LogP contribution < -0.4 is 0 Å². The molecule has 1 aliphatic carbocycles. The number of para-hydroxylation sites is 1. The molecule has 266 valence electrons. The third-order valence-corrected chi connectivity index (χ3v) is 11.9. The second-order valence-corrected chi connectivity index (χ2v) is 15.0. The second kappa shape index (κ2) is 13.4.